The Bertz CT molecular complexity index is 548. The second-order valence-corrected chi connectivity index (χ2v) is 6.15. The van der Waals surface area contributed by atoms with E-state index in [1.54, 1.807) is 21.8 Å². The first-order chi connectivity index (χ1) is 10.7. The molecular weight excluding hydrogens is 280 g/mol. The van der Waals surface area contributed by atoms with E-state index in [4.69, 9.17) is 0 Å². The molecule has 0 aromatic carbocycles. The molecule has 0 spiro atoms. The molecule has 1 aromatic heterocycles. The van der Waals surface area contributed by atoms with Gasteiger partial charge in [0.25, 0.3) is 5.91 Å². The van der Waals surface area contributed by atoms with Crippen molar-refractivity contribution in [3.63, 3.8) is 0 Å². The van der Waals surface area contributed by atoms with Crippen LogP contribution in [-0.4, -0.2) is 57.6 Å². The summed E-state index contributed by atoms with van der Waals surface area (Å²) in [4.78, 5) is 28.9. The van der Waals surface area contributed by atoms with Crippen LogP contribution in [0, 0.1) is 5.92 Å². The van der Waals surface area contributed by atoms with Gasteiger partial charge >= 0.3 is 0 Å². The molecule has 0 aliphatic carbocycles. The van der Waals surface area contributed by atoms with E-state index in [1.807, 2.05) is 11.8 Å². The molecule has 2 aliphatic heterocycles. The number of aryl methyl sites for hydroxylation is 1. The lowest BCUT2D eigenvalue weighted by atomic mass is 10.0. The summed E-state index contributed by atoms with van der Waals surface area (Å²) in [6.45, 7) is 5.62. The Hall–Kier alpha value is -1.85. The molecule has 2 amide bonds. The average Bonchev–Trinajstić information content (AvgIpc) is 3.23. The molecule has 2 saturated heterocycles. The van der Waals surface area contributed by atoms with Crippen molar-refractivity contribution in [3.8, 4) is 0 Å². The zero-order chi connectivity index (χ0) is 15.5. The van der Waals surface area contributed by atoms with Crippen LogP contribution in [0.4, 0.5) is 0 Å². The highest BCUT2D eigenvalue weighted by Crippen LogP contribution is 2.22. The SMILES string of the molecule is CCn1nccc1C(=O)N1CCC(C(=O)N2CCCCC2)C1. The molecule has 22 heavy (non-hydrogen) atoms. The van der Waals surface area contributed by atoms with E-state index in [9.17, 15) is 9.59 Å². The number of aromatic nitrogens is 2. The van der Waals surface area contributed by atoms with Crippen LogP contribution < -0.4 is 0 Å². The molecular formula is C16H24N4O2. The van der Waals surface area contributed by atoms with Gasteiger partial charge in [-0.15, -0.1) is 0 Å². The average molecular weight is 304 g/mol. The van der Waals surface area contributed by atoms with E-state index in [-0.39, 0.29) is 17.7 Å². The van der Waals surface area contributed by atoms with Crippen LogP contribution >= 0.6 is 0 Å². The molecule has 1 atom stereocenters. The summed E-state index contributed by atoms with van der Waals surface area (Å²) in [5, 5.41) is 4.15. The zero-order valence-electron chi connectivity index (χ0n) is 13.2. The molecule has 0 N–H and O–H groups in total. The van der Waals surface area contributed by atoms with Crippen molar-refractivity contribution in [3.05, 3.63) is 18.0 Å². The van der Waals surface area contributed by atoms with Crippen LogP contribution in [0.25, 0.3) is 0 Å². The quantitative estimate of drug-likeness (QED) is 0.847. The minimum Gasteiger partial charge on any atom is -0.342 e. The van der Waals surface area contributed by atoms with E-state index >= 15 is 0 Å². The molecule has 3 rings (SSSR count). The van der Waals surface area contributed by atoms with Gasteiger partial charge in [0.05, 0.1) is 5.92 Å². The maximum atomic E-state index is 12.6. The number of amides is 2. The highest BCUT2D eigenvalue weighted by molar-refractivity contribution is 5.93. The number of piperidine rings is 1. The molecule has 120 valence electrons. The molecule has 0 bridgehead atoms. The summed E-state index contributed by atoms with van der Waals surface area (Å²) < 4.78 is 1.71. The molecule has 6 heteroatoms. The van der Waals surface area contributed by atoms with Crippen LogP contribution in [0.2, 0.25) is 0 Å². The fraction of sp³-hybridized carbons (Fsp3) is 0.688. The fourth-order valence-corrected chi connectivity index (χ4v) is 3.45. The lowest BCUT2D eigenvalue weighted by Gasteiger charge is -2.29. The van der Waals surface area contributed by atoms with Gasteiger partial charge in [-0.25, -0.2) is 0 Å². The minimum atomic E-state index is -0.0277. The summed E-state index contributed by atoms with van der Waals surface area (Å²) >= 11 is 0. The second-order valence-electron chi connectivity index (χ2n) is 6.15. The van der Waals surface area contributed by atoms with E-state index in [0.29, 0.717) is 25.3 Å². The Kier molecular flexibility index (Phi) is 4.45. The fourth-order valence-electron chi connectivity index (χ4n) is 3.45. The van der Waals surface area contributed by atoms with Gasteiger partial charge in [0.2, 0.25) is 5.91 Å². The van der Waals surface area contributed by atoms with Crippen LogP contribution in [0.1, 0.15) is 43.1 Å². The lowest BCUT2D eigenvalue weighted by molar-refractivity contribution is -0.135. The van der Waals surface area contributed by atoms with Crippen molar-refractivity contribution in [2.75, 3.05) is 26.2 Å². The third-order valence-corrected chi connectivity index (χ3v) is 4.73. The van der Waals surface area contributed by atoms with E-state index in [0.717, 1.165) is 32.4 Å². The van der Waals surface area contributed by atoms with Gasteiger partial charge in [0, 0.05) is 38.9 Å². The first-order valence-electron chi connectivity index (χ1n) is 8.30. The van der Waals surface area contributed by atoms with E-state index in [1.165, 1.54) is 6.42 Å². The highest BCUT2D eigenvalue weighted by Gasteiger charge is 2.34. The number of carbonyl (C=O) groups is 2. The molecule has 0 radical (unpaired) electrons. The molecule has 2 fully saturated rings. The highest BCUT2D eigenvalue weighted by atomic mass is 16.2. The predicted molar refractivity (Wildman–Crippen MR) is 82.3 cm³/mol. The normalized spacial score (nSPS) is 22.1. The summed E-state index contributed by atoms with van der Waals surface area (Å²) in [5.74, 6) is 0.201. The lowest BCUT2D eigenvalue weighted by Crippen LogP contribution is -2.41. The molecule has 1 aromatic rings. The van der Waals surface area contributed by atoms with Crippen LogP contribution in [0.5, 0.6) is 0 Å². The monoisotopic (exact) mass is 304 g/mol. The van der Waals surface area contributed by atoms with Gasteiger partial charge in [0.15, 0.2) is 0 Å². The number of hydrogen-bond acceptors (Lipinski definition) is 3. The van der Waals surface area contributed by atoms with Crippen molar-refractivity contribution < 1.29 is 9.59 Å². The standard InChI is InChI=1S/C16H24N4O2/c1-2-20-14(6-8-17-20)16(22)19-11-7-13(12-19)15(21)18-9-4-3-5-10-18/h6,8,13H,2-5,7,9-12H2,1H3. The summed E-state index contributed by atoms with van der Waals surface area (Å²) in [5.41, 5.74) is 0.619. The van der Waals surface area contributed by atoms with E-state index in [2.05, 4.69) is 5.10 Å². The number of rotatable bonds is 3. The van der Waals surface area contributed by atoms with Gasteiger partial charge in [-0.3, -0.25) is 14.3 Å². The Morgan fingerprint density at radius 2 is 1.95 bits per heavy atom. The largest absolute Gasteiger partial charge is 0.342 e. The third-order valence-electron chi connectivity index (χ3n) is 4.73. The Morgan fingerprint density at radius 1 is 1.18 bits per heavy atom. The second kappa shape index (κ2) is 6.50. The third kappa shape index (κ3) is 2.87. The summed E-state index contributed by atoms with van der Waals surface area (Å²) in [7, 11) is 0. The Morgan fingerprint density at radius 3 is 2.68 bits per heavy atom. The van der Waals surface area contributed by atoms with Crippen molar-refractivity contribution >= 4 is 11.8 Å². The number of nitrogens with zero attached hydrogens (tertiary/aromatic N) is 4. The van der Waals surface area contributed by atoms with Gasteiger partial charge in [-0.2, -0.15) is 5.10 Å². The van der Waals surface area contributed by atoms with Crippen LogP contribution in [0.15, 0.2) is 12.3 Å². The zero-order valence-corrected chi connectivity index (χ0v) is 13.2. The van der Waals surface area contributed by atoms with Gasteiger partial charge in [-0.05, 0) is 38.7 Å². The predicted octanol–water partition coefficient (Wildman–Crippen LogP) is 1.38. The topological polar surface area (TPSA) is 58.4 Å². The molecule has 3 heterocycles. The molecule has 2 aliphatic rings. The Labute approximate surface area is 131 Å². The Balaban J connectivity index is 1.62. The number of carbonyl (C=O) groups excluding carboxylic acids is 2. The minimum absolute atomic E-state index is 0.00621. The van der Waals surface area contributed by atoms with Gasteiger partial charge in [-0.1, -0.05) is 0 Å². The van der Waals surface area contributed by atoms with Crippen molar-refractivity contribution in [1.29, 1.82) is 0 Å². The maximum absolute atomic E-state index is 12.6. The van der Waals surface area contributed by atoms with Gasteiger partial charge in [0.1, 0.15) is 5.69 Å². The van der Waals surface area contributed by atoms with Crippen molar-refractivity contribution in [2.45, 2.75) is 39.2 Å². The number of hydrogen-bond donors (Lipinski definition) is 0. The first-order valence-corrected chi connectivity index (χ1v) is 8.30. The van der Waals surface area contributed by atoms with Gasteiger partial charge < -0.3 is 9.80 Å². The van der Waals surface area contributed by atoms with Crippen molar-refractivity contribution in [1.82, 2.24) is 19.6 Å². The molecule has 6 nitrogen and oxygen atoms in total. The smallest absolute Gasteiger partial charge is 0.272 e. The summed E-state index contributed by atoms with van der Waals surface area (Å²) in [6.07, 6.45) is 5.87. The molecule has 1 unspecified atom stereocenters. The van der Waals surface area contributed by atoms with Crippen molar-refractivity contribution in [2.24, 2.45) is 5.92 Å². The van der Waals surface area contributed by atoms with Crippen LogP contribution in [0.3, 0.4) is 0 Å². The first kappa shape index (κ1) is 15.1. The maximum Gasteiger partial charge on any atom is 0.272 e. The number of likely N-dealkylation sites (tertiary alicyclic amines) is 2. The van der Waals surface area contributed by atoms with E-state index < -0.39 is 0 Å². The molecule has 0 saturated carbocycles. The summed E-state index contributed by atoms with van der Waals surface area (Å²) in [6, 6.07) is 1.76. The van der Waals surface area contributed by atoms with Crippen LogP contribution in [-0.2, 0) is 11.3 Å².